The number of ether oxygens (including phenoxy) is 1. The fourth-order valence-corrected chi connectivity index (χ4v) is 4.00. The van der Waals surface area contributed by atoms with Crippen molar-refractivity contribution in [1.29, 1.82) is 0 Å². The molecule has 4 nitrogen and oxygen atoms in total. The van der Waals surface area contributed by atoms with Gasteiger partial charge in [0.1, 0.15) is 16.9 Å². The zero-order valence-electron chi connectivity index (χ0n) is 16.4. The molecule has 142 valence electrons. The molecule has 0 unspecified atom stereocenters. The minimum absolute atomic E-state index is 0.502. The number of hydrogen-bond acceptors (Lipinski definition) is 3. The Bertz CT molecular complexity index is 731. The van der Waals surface area contributed by atoms with Crippen LogP contribution in [0.5, 0.6) is 0 Å². The monoisotopic (exact) mass is 393 g/mol. The van der Waals surface area contributed by atoms with Crippen molar-refractivity contribution in [3.63, 3.8) is 0 Å². The first-order chi connectivity index (χ1) is 11.9. The van der Waals surface area contributed by atoms with Gasteiger partial charge in [-0.05, 0) is 52.6 Å². The van der Waals surface area contributed by atoms with Gasteiger partial charge in [0, 0.05) is 17.0 Å². The second kappa shape index (κ2) is 7.49. The summed E-state index contributed by atoms with van der Waals surface area (Å²) >= 11 is 6.51. The summed E-state index contributed by atoms with van der Waals surface area (Å²) in [6.07, 6.45) is 5.88. The smallest absolute Gasteiger partial charge is 0.408 e. The number of amides is 1. The average Bonchev–Trinajstić information content (AvgIpc) is 2.46. The first-order valence-electron chi connectivity index (χ1n) is 8.75. The van der Waals surface area contributed by atoms with E-state index in [0.717, 1.165) is 5.56 Å². The maximum absolute atomic E-state index is 12.7. The van der Waals surface area contributed by atoms with Gasteiger partial charge in [0.25, 0.3) is 0 Å². The molecule has 1 aliphatic carbocycles. The van der Waals surface area contributed by atoms with Crippen LogP contribution in [0.2, 0.25) is 24.7 Å². The van der Waals surface area contributed by atoms with Gasteiger partial charge < -0.3 is 14.5 Å². The van der Waals surface area contributed by atoms with E-state index in [1.54, 1.807) is 0 Å². The molecule has 0 bridgehead atoms. The fraction of sp³-hybridized carbons (Fsp3) is 0.450. The van der Waals surface area contributed by atoms with E-state index < -0.39 is 25.6 Å². The summed E-state index contributed by atoms with van der Waals surface area (Å²) in [7, 11) is -1.92. The molecule has 0 spiro atoms. The summed E-state index contributed by atoms with van der Waals surface area (Å²) in [6.45, 7) is 11.8. The summed E-state index contributed by atoms with van der Waals surface area (Å²) in [6, 6.07) is 7.51. The lowest BCUT2D eigenvalue weighted by atomic mass is 9.82. The van der Waals surface area contributed by atoms with Crippen molar-refractivity contribution in [2.75, 3.05) is 0 Å². The quantitative estimate of drug-likeness (QED) is 0.662. The van der Waals surface area contributed by atoms with Gasteiger partial charge in [0.05, 0.1) is 0 Å². The van der Waals surface area contributed by atoms with Gasteiger partial charge in [-0.3, -0.25) is 0 Å². The normalized spacial score (nSPS) is 20.3. The first kappa shape index (κ1) is 20.6. The Balaban J connectivity index is 2.52. The molecular weight excluding hydrogens is 366 g/mol. The summed E-state index contributed by atoms with van der Waals surface area (Å²) in [5.41, 5.74) is -0.698. The van der Waals surface area contributed by atoms with Crippen molar-refractivity contribution in [2.24, 2.45) is 0 Å². The van der Waals surface area contributed by atoms with Gasteiger partial charge in [0.15, 0.2) is 0 Å². The molecule has 1 aliphatic rings. The molecule has 0 saturated carbocycles. The van der Waals surface area contributed by atoms with Crippen LogP contribution < -0.4 is 5.32 Å². The van der Waals surface area contributed by atoms with E-state index in [2.05, 4.69) is 25.0 Å². The number of carbonyl (C=O) groups excluding carboxylic acids is 1. The molecular formula is C20H28ClNO3Si. The van der Waals surface area contributed by atoms with Crippen LogP contribution in [0.15, 0.2) is 48.3 Å². The third kappa shape index (κ3) is 5.14. The Morgan fingerprint density at radius 3 is 2.46 bits per heavy atom. The van der Waals surface area contributed by atoms with Crippen LogP contribution in [0.25, 0.3) is 0 Å². The highest BCUT2D eigenvalue weighted by atomic mass is 35.5. The minimum atomic E-state index is -1.92. The number of benzene rings is 1. The van der Waals surface area contributed by atoms with Crippen LogP contribution in [0.4, 0.5) is 4.79 Å². The van der Waals surface area contributed by atoms with Gasteiger partial charge in [0.2, 0.25) is 8.32 Å². The molecule has 0 aromatic heterocycles. The summed E-state index contributed by atoms with van der Waals surface area (Å²) in [5, 5.41) is 3.62. The van der Waals surface area contributed by atoms with E-state index in [9.17, 15) is 4.79 Å². The first-order valence-corrected chi connectivity index (χ1v) is 12.5. The highest BCUT2D eigenvalue weighted by Crippen LogP contribution is 2.41. The van der Waals surface area contributed by atoms with Gasteiger partial charge in [-0.2, -0.15) is 0 Å². The predicted molar refractivity (Wildman–Crippen MR) is 109 cm³/mol. The van der Waals surface area contributed by atoms with Gasteiger partial charge in [-0.15, -0.1) is 0 Å². The highest BCUT2D eigenvalue weighted by Gasteiger charge is 2.43. The van der Waals surface area contributed by atoms with Gasteiger partial charge in [-0.1, -0.05) is 42.0 Å². The Labute approximate surface area is 162 Å². The third-order valence-corrected chi connectivity index (χ3v) is 4.85. The molecule has 0 saturated heterocycles. The topological polar surface area (TPSA) is 47.6 Å². The summed E-state index contributed by atoms with van der Waals surface area (Å²) in [5.74, 6) is 0.693. The average molecular weight is 394 g/mol. The number of nitrogens with one attached hydrogen (secondary N) is 1. The van der Waals surface area contributed by atoms with Crippen LogP contribution in [0.3, 0.4) is 0 Å². The van der Waals surface area contributed by atoms with Crippen molar-refractivity contribution in [1.82, 2.24) is 5.32 Å². The molecule has 6 heteroatoms. The number of allylic oxidation sites excluding steroid dienone is 2. The molecule has 1 aromatic rings. The fourth-order valence-electron chi connectivity index (χ4n) is 2.80. The second-order valence-corrected chi connectivity index (χ2v) is 13.2. The zero-order chi connectivity index (χ0) is 19.6. The molecule has 26 heavy (non-hydrogen) atoms. The lowest BCUT2D eigenvalue weighted by Gasteiger charge is -2.41. The molecule has 0 fully saturated rings. The van der Waals surface area contributed by atoms with Crippen molar-refractivity contribution in [3.05, 3.63) is 58.8 Å². The van der Waals surface area contributed by atoms with Crippen molar-refractivity contribution in [3.8, 4) is 0 Å². The molecule has 1 aromatic carbocycles. The van der Waals surface area contributed by atoms with Gasteiger partial charge in [-0.25, -0.2) is 4.79 Å². The van der Waals surface area contributed by atoms with Gasteiger partial charge >= 0.3 is 6.09 Å². The number of hydrogen-bond donors (Lipinski definition) is 1. The molecule has 1 atom stereocenters. The highest BCUT2D eigenvalue weighted by molar-refractivity contribution is 6.70. The van der Waals surface area contributed by atoms with Crippen molar-refractivity contribution in [2.45, 2.75) is 58.0 Å². The molecule has 0 radical (unpaired) electrons. The van der Waals surface area contributed by atoms with E-state index in [1.165, 1.54) is 0 Å². The maximum atomic E-state index is 12.7. The SMILES string of the molecule is CC(C)(C)OC(=O)N[C@@]1(c2ccccc2Cl)CC=CC=C1O[Si](C)(C)C. The van der Waals surface area contributed by atoms with Crippen molar-refractivity contribution >= 4 is 26.0 Å². The Morgan fingerprint density at radius 2 is 1.88 bits per heavy atom. The van der Waals surface area contributed by atoms with Crippen LogP contribution in [-0.4, -0.2) is 20.0 Å². The standard InChI is InChI=1S/C20H28ClNO3Si/c1-19(2,3)24-18(23)22-20(15-11-7-8-12-16(15)21)14-10-9-13-17(20)25-26(4,5)6/h7-13H,14H2,1-6H3,(H,22,23)/t20-/m1/s1. The maximum Gasteiger partial charge on any atom is 0.408 e. The Hall–Kier alpha value is -1.72. The van der Waals surface area contributed by atoms with Crippen molar-refractivity contribution < 1.29 is 14.0 Å². The molecule has 2 rings (SSSR count). The summed E-state index contributed by atoms with van der Waals surface area (Å²) < 4.78 is 11.9. The van der Waals surface area contributed by atoms with E-state index in [4.69, 9.17) is 20.8 Å². The third-order valence-electron chi connectivity index (χ3n) is 3.69. The number of halogens is 1. The number of carbonyl (C=O) groups is 1. The lowest BCUT2D eigenvalue weighted by Crippen LogP contribution is -2.51. The Morgan fingerprint density at radius 1 is 1.23 bits per heavy atom. The molecule has 0 aliphatic heterocycles. The van der Waals surface area contributed by atoms with E-state index in [-0.39, 0.29) is 0 Å². The van der Waals surface area contributed by atoms with Crippen LogP contribution in [0, 0.1) is 0 Å². The number of rotatable bonds is 4. The summed E-state index contributed by atoms with van der Waals surface area (Å²) in [4.78, 5) is 12.7. The molecule has 0 heterocycles. The van der Waals surface area contributed by atoms with E-state index >= 15 is 0 Å². The number of alkyl carbamates (subject to hydrolysis) is 1. The minimum Gasteiger partial charge on any atom is -0.545 e. The Kier molecular flexibility index (Phi) is 5.93. The molecule has 1 N–H and O–H groups in total. The van der Waals surface area contributed by atoms with Crippen LogP contribution >= 0.6 is 11.6 Å². The van der Waals surface area contributed by atoms with E-state index in [0.29, 0.717) is 17.2 Å². The molecule has 1 amide bonds. The van der Waals surface area contributed by atoms with Crippen LogP contribution in [0.1, 0.15) is 32.8 Å². The zero-order valence-corrected chi connectivity index (χ0v) is 18.1. The lowest BCUT2D eigenvalue weighted by molar-refractivity contribution is 0.0447. The second-order valence-electron chi connectivity index (χ2n) is 8.39. The van der Waals surface area contributed by atoms with Crippen LogP contribution in [-0.2, 0) is 14.7 Å². The predicted octanol–water partition coefficient (Wildman–Crippen LogP) is 5.76. The van der Waals surface area contributed by atoms with E-state index in [1.807, 2.05) is 63.3 Å². The largest absolute Gasteiger partial charge is 0.545 e.